The zero-order valence-electron chi connectivity index (χ0n) is 94.6. The van der Waals surface area contributed by atoms with Crippen LogP contribution in [0.2, 0.25) is 38.2 Å². The average molecular weight is 2190 g/mol. The van der Waals surface area contributed by atoms with Crippen LogP contribution >= 0.6 is 46.4 Å². The fraction of sp³-hybridized carbons (Fsp3) is 0.780. The highest BCUT2D eigenvalue weighted by atomic mass is 35.5. The van der Waals surface area contributed by atoms with Crippen LogP contribution in [0.3, 0.4) is 0 Å². The van der Waals surface area contributed by atoms with Gasteiger partial charge in [0.2, 0.25) is 17.7 Å². The number of hydrogen-bond acceptors (Lipinski definition) is 14. The molecule has 4 saturated heterocycles. The largest absolute Gasteiger partial charge is 0.414 e. The van der Waals surface area contributed by atoms with E-state index < -0.39 is 54.0 Å². The fourth-order valence-corrected chi connectivity index (χ4v) is 28.0. The van der Waals surface area contributed by atoms with Crippen LogP contribution in [0.1, 0.15) is 419 Å². The van der Waals surface area contributed by atoms with Gasteiger partial charge in [0.1, 0.15) is 23.3 Å². The Bertz CT molecular complexity index is 4340. The average Bonchev–Trinajstić information content (AvgIpc) is 0.737. The first-order chi connectivity index (χ1) is 71.1. The zero-order valence-corrected chi connectivity index (χ0v) is 98.6. The van der Waals surface area contributed by atoms with Crippen LogP contribution in [0.5, 0.6) is 0 Å². The molecule has 850 valence electrons. The molecule has 0 unspecified atom stereocenters. The van der Waals surface area contributed by atoms with E-state index in [0.29, 0.717) is 126 Å². The number of benzene rings is 4. The van der Waals surface area contributed by atoms with Crippen molar-refractivity contribution in [1.82, 2.24) is 30.7 Å². The van der Waals surface area contributed by atoms with Crippen LogP contribution in [0.15, 0.2) is 72.8 Å². The highest BCUT2D eigenvalue weighted by Gasteiger charge is 2.49. The number of nitrogens with zero attached hydrogens (tertiary/aromatic N) is 3. The molecule has 8 aliphatic rings. The topological polar surface area (TPSA) is 254 Å². The molecule has 12 atom stereocenters. The summed E-state index contributed by atoms with van der Waals surface area (Å²) in [4.78, 5) is 46.4. The normalized spacial score (nSPS) is 25.1. The molecule has 4 aliphatic heterocycles. The molecule has 4 aromatic rings. The van der Waals surface area contributed by atoms with Gasteiger partial charge in [-0.3, -0.25) is 14.4 Å². The molecule has 12 rings (SSSR count). The molecule has 4 aromatic carbocycles. The van der Waals surface area contributed by atoms with Crippen molar-refractivity contribution in [2.45, 2.75) is 462 Å². The number of aliphatic hydroxyl groups is 6. The van der Waals surface area contributed by atoms with E-state index in [0.717, 1.165) is 263 Å². The van der Waals surface area contributed by atoms with Crippen molar-refractivity contribution in [3.8, 4) is 0 Å². The van der Waals surface area contributed by atoms with E-state index in [4.69, 9.17) is 56.6 Å². The van der Waals surface area contributed by atoms with Crippen molar-refractivity contribution in [2.75, 3.05) is 79.5 Å². The predicted octanol–water partition coefficient (Wildman–Crippen LogP) is 29.1. The number of carbonyl (C=O) groups excluding carboxylic acids is 3. The molecular formula is C123H203Cl4F4N7O10Si. The van der Waals surface area contributed by atoms with E-state index in [1.54, 1.807) is 48.5 Å². The van der Waals surface area contributed by atoms with Gasteiger partial charge in [-0.15, -0.1) is 0 Å². The maximum absolute atomic E-state index is 15.3. The lowest BCUT2D eigenvalue weighted by Crippen LogP contribution is -2.49. The summed E-state index contributed by atoms with van der Waals surface area (Å²) in [6, 6.07) is 20.1. The van der Waals surface area contributed by atoms with Crippen LogP contribution < -0.4 is 21.7 Å². The molecular weight excluding hydrogens is 1980 g/mol. The maximum Gasteiger partial charge on any atom is 0.222 e. The van der Waals surface area contributed by atoms with Gasteiger partial charge in [-0.25, -0.2) is 17.6 Å². The Morgan fingerprint density at radius 1 is 0.423 bits per heavy atom. The van der Waals surface area contributed by atoms with Crippen LogP contribution in [0.4, 0.5) is 17.6 Å². The Hall–Kier alpha value is -4.05. The quantitative estimate of drug-likeness (QED) is 0.0112. The molecule has 3 amide bonds. The number of likely N-dealkylation sites (tertiary alicyclic amines) is 3. The molecule has 26 heteroatoms. The van der Waals surface area contributed by atoms with E-state index in [2.05, 4.69) is 98.3 Å². The first kappa shape index (κ1) is 130. The van der Waals surface area contributed by atoms with Crippen LogP contribution in [0.25, 0.3) is 0 Å². The third-order valence-corrected chi connectivity index (χ3v) is 41.5. The summed E-state index contributed by atoms with van der Waals surface area (Å²) in [5.74, 6) is 2.27. The first-order valence-corrected chi connectivity index (χ1v) is 63.8. The van der Waals surface area contributed by atoms with E-state index in [1.165, 1.54) is 82.1 Å². The minimum absolute atomic E-state index is 0.0234. The highest BCUT2D eigenvalue weighted by Crippen LogP contribution is 2.50. The number of unbranched alkanes of at least 4 members (excludes halogenated alkanes) is 8. The van der Waals surface area contributed by atoms with Crippen LogP contribution in [-0.2, 0) is 41.2 Å². The Morgan fingerprint density at radius 3 is 1.03 bits per heavy atom. The van der Waals surface area contributed by atoms with Gasteiger partial charge in [0.05, 0.1) is 54.7 Å². The lowest BCUT2D eigenvalue weighted by molar-refractivity contribution is -0.139. The highest BCUT2D eigenvalue weighted by molar-refractivity contribution is 6.74. The smallest absolute Gasteiger partial charge is 0.222 e. The van der Waals surface area contributed by atoms with E-state index in [9.17, 15) is 49.4 Å². The molecule has 17 nitrogen and oxygen atoms in total. The van der Waals surface area contributed by atoms with Gasteiger partial charge in [-0.05, 0) is 310 Å². The Kier molecular flexibility index (Phi) is 57.7. The summed E-state index contributed by atoms with van der Waals surface area (Å²) in [7, 11) is 2.10. The summed E-state index contributed by atoms with van der Waals surface area (Å²) >= 11 is 24.3. The first-order valence-electron chi connectivity index (χ1n) is 59.4. The minimum atomic E-state index is -1.75. The van der Waals surface area contributed by atoms with Crippen molar-refractivity contribution in [3.05, 3.63) is 138 Å². The number of amides is 3. The van der Waals surface area contributed by atoms with E-state index in [-0.39, 0.29) is 107 Å². The van der Waals surface area contributed by atoms with Crippen molar-refractivity contribution in [1.29, 1.82) is 0 Å². The zero-order chi connectivity index (χ0) is 109. The lowest BCUT2D eigenvalue weighted by atomic mass is 9.73. The van der Waals surface area contributed by atoms with E-state index >= 15 is 13.2 Å². The molecule has 11 N–H and O–H groups in total. The molecule has 0 radical (unpaired) electrons. The number of nitrogens with one attached hydrogen (secondary N) is 3. The standard InChI is InChI=1S/C36H61ClFNO3Si.2C29H46ClFN2O3.C17H25ClFNO.C12H25N/c1-8-10-11-22-36(41,31-16-12-17-32(37)34(31)38)29-15-13-23-39(26-29)33(40)25-28(14-9-2)24-27-18-20-30(21-19-27)42-43(6,7)35(3,4)5;2*1-3-4-5-15-29(36,25-9-6-10-26(30)28(25)31)23-8-7-16-33(20-23)27(35)18-22(19-32-2)17-21-11-13-24(34)14-12-21;1-2-3-4-10-17(21,13-7-6-11-20-12-13)14-8-5-9-15(18)16(14)19;1-3-4-12(13)9-11-7-5-10(2)6-8-11/h12,16-17,27-30,41H,8-11,13-15,18-26H2,1-7H3;2*6,9-10,21-24,32,34,36H,3-5,7-8,11-20H2,1-2H3;5,8-9,13,20-21H,2-4,6-7,10-12H2,1H3;10-12H,3-9,13H2,1-2H3/t27?,28-,29-,30?,36+;2*21?,22-,23-,24?,29+;13-,17+;10?,11?,12-/m11111/s1. The van der Waals surface area contributed by atoms with Gasteiger partial charge in [-0.1, -0.05) is 286 Å². The van der Waals surface area contributed by atoms with Gasteiger partial charge in [0.25, 0.3) is 0 Å². The number of rotatable bonds is 48. The number of nitrogens with two attached hydrogens (primary N) is 1. The SMILES string of the molecule is CCCCC[C@@](O)(c1cccc(Cl)c1F)[C@@H]1CCCN(C(=O)C[C@H](CCC)CC2CCC(O[Si](C)(C)C(C)(C)C)CC2)C1.CCCCC[C@@](O)(c1cccc(Cl)c1F)[C@@H]1CCCN(C(=O)C[C@H](CNC)CC2CCC(O)CC2)C1.CCCCC[C@@](O)(c1cccc(Cl)c1F)[C@@H]1CCCN(C(=O)C[C@H](CNC)CC2CCC(O)CC2)C1.CCCCC[C@@](O)(c1cccc(Cl)c1F)[C@@H]1CCCNC1.CCC[C@@H](N)CC1CCC(C)CC1. The second-order valence-corrected chi connectivity index (χ2v) is 55.0. The third kappa shape index (κ3) is 40.4. The van der Waals surface area contributed by atoms with Crippen LogP contribution in [0, 0.1) is 94.3 Å². The molecule has 4 heterocycles. The number of carbonyl (C=O) groups is 3. The lowest BCUT2D eigenvalue weighted by Gasteiger charge is -2.43. The maximum atomic E-state index is 15.3. The Balaban J connectivity index is 0.000000237. The molecule has 149 heavy (non-hydrogen) atoms. The summed E-state index contributed by atoms with van der Waals surface area (Å²) in [6.07, 6.45) is 48.4. The minimum Gasteiger partial charge on any atom is -0.414 e. The molecule has 8 fully saturated rings. The Labute approximate surface area is 920 Å². The summed E-state index contributed by atoms with van der Waals surface area (Å²) < 4.78 is 66.7. The van der Waals surface area contributed by atoms with E-state index in [1.807, 2.05) is 28.8 Å². The van der Waals surface area contributed by atoms with Crippen molar-refractivity contribution >= 4 is 72.4 Å². The van der Waals surface area contributed by atoms with Gasteiger partial charge >= 0.3 is 0 Å². The number of hydrogen-bond donors (Lipinski definition) is 10. The summed E-state index contributed by atoms with van der Waals surface area (Å²) in [5.41, 5.74) is 2.05. The van der Waals surface area contributed by atoms with Crippen LogP contribution in [-0.4, -0.2) is 175 Å². The molecule has 0 spiro atoms. The molecule has 0 bridgehead atoms. The molecule has 0 aromatic heterocycles. The third-order valence-electron chi connectivity index (χ3n) is 35.8. The fourth-order valence-electron chi connectivity index (χ4n) is 25.8. The molecule has 4 saturated carbocycles. The van der Waals surface area contributed by atoms with Crippen molar-refractivity contribution < 1.29 is 67.0 Å². The van der Waals surface area contributed by atoms with Gasteiger partial charge in [-0.2, -0.15) is 0 Å². The van der Waals surface area contributed by atoms with Crippen molar-refractivity contribution in [3.63, 3.8) is 0 Å². The molecule has 4 aliphatic carbocycles. The van der Waals surface area contributed by atoms with Gasteiger partial charge in [0, 0.05) is 123 Å². The number of piperidine rings is 4. The second kappa shape index (κ2) is 66.1. The Morgan fingerprint density at radius 2 is 0.725 bits per heavy atom. The monoisotopic (exact) mass is 2180 g/mol. The van der Waals surface area contributed by atoms with Gasteiger partial charge in [0.15, 0.2) is 8.32 Å². The summed E-state index contributed by atoms with van der Waals surface area (Å²) in [6.45, 7) is 33.6. The van der Waals surface area contributed by atoms with Crippen molar-refractivity contribution in [2.24, 2.45) is 76.7 Å². The second-order valence-electron chi connectivity index (χ2n) is 48.6. The number of aliphatic hydroxyl groups excluding tert-OH is 2. The van der Waals surface area contributed by atoms with Gasteiger partial charge < -0.3 is 71.4 Å². The summed E-state index contributed by atoms with van der Waals surface area (Å²) in [5, 5.41) is 77.3. The predicted molar refractivity (Wildman–Crippen MR) is 611 cm³/mol. The number of halogens is 8.